The van der Waals surface area contributed by atoms with Crippen LogP contribution in [0.15, 0.2) is 23.1 Å². The van der Waals surface area contributed by atoms with E-state index in [1.54, 1.807) is 6.07 Å². The zero-order valence-corrected chi connectivity index (χ0v) is 14.3. The second-order valence-electron chi connectivity index (χ2n) is 6.01. The second kappa shape index (κ2) is 7.13. The third-order valence-corrected chi connectivity index (χ3v) is 4.80. The van der Waals surface area contributed by atoms with E-state index < -0.39 is 10.0 Å². The number of anilines is 1. The number of nitrogens with zero attached hydrogens (tertiary/aromatic N) is 1. The molecule has 0 spiro atoms. The number of nitrogen functional groups attached to an aromatic ring is 1. The van der Waals surface area contributed by atoms with Crippen molar-refractivity contribution < 1.29 is 13.2 Å². The maximum absolute atomic E-state index is 12.8. The van der Waals surface area contributed by atoms with Crippen molar-refractivity contribution in [2.75, 3.05) is 25.9 Å². The average molecular weight is 314 g/mol. The molecule has 0 radical (unpaired) electrons. The fourth-order valence-corrected chi connectivity index (χ4v) is 3.91. The number of ether oxygens (including phenoxy) is 1. The molecular weight excluding hydrogens is 288 g/mol. The van der Waals surface area contributed by atoms with Crippen molar-refractivity contribution in [2.24, 2.45) is 11.8 Å². The third kappa shape index (κ3) is 4.61. The molecule has 0 saturated carbocycles. The van der Waals surface area contributed by atoms with Gasteiger partial charge < -0.3 is 10.5 Å². The number of rotatable bonds is 7. The molecule has 2 N–H and O–H groups in total. The predicted molar refractivity (Wildman–Crippen MR) is 85.8 cm³/mol. The lowest BCUT2D eigenvalue weighted by Crippen LogP contribution is -2.37. The molecule has 0 aliphatic rings. The minimum absolute atomic E-state index is 0.210. The number of hydrogen-bond acceptors (Lipinski definition) is 4. The van der Waals surface area contributed by atoms with Gasteiger partial charge in [0, 0.05) is 13.1 Å². The summed E-state index contributed by atoms with van der Waals surface area (Å²) in [5.41, 5.74) is 6.15. The first-order valence-corrected chi connectivity index (χ1v) is 8.56. The smallest absolute Gasteiger partial charge is 0.243 e. The normalized spacial score (nSPS) is 12.4. The monoisotopic (exact) mass is 314 g/mol. The van der Waals surface area contributed by atoms with Crippen molar-refractivity contribution in [3.05, 3.63) is 18.2 Å². The lowest BCUT2D eigenvalue weighted by Gasteiger charge is -2.25. The Morgan fingerprint density at radius 2 is 1.67 bits per heavy atom. The number of benzene rings is 1. The molecule has 0 aliphatic carbocycles. The van der Waals surface area contributed by atoms with E-state index in [0.717, 1.165) is 0 Å². The molecule has 120 valence electrons. The van der Waals surface area contributed by atoms with Gasteiger partial charge in [0.15, 0.2) is 0 Å². The topological polar surface area (TPSA) is 72.6 Å². The van der Waals surface area contributed by atoms with E-state index in [1.807, 2.05) is 27.7 Å². The van der Waals surface area contributed by atoms with Gasteiger partial charge in [0.1, 0.15) is 5.75 Å². The van der Waals surface area contributed by atoms with E-state index in [4.69, 9.17) is 10.5 Å². The largest absolute Gasteiger partial charge is 0.495 e. The summed E-state index contributed by atoms with van der Waals surface area (Å²) < 4.78 is 32.2. The van der Waals surface area contributed by atoms with Gasteiger partial charge >= 0.3 is 0 Å². The van der Waals surface area contributed by atoms with Crippen molar-refractivity contribution in [2.45, 2.75) is 32.6 Å². The van der Waals surface area contributed by atoms with E-state index in [1.165, 1.54) is 23.5 Å². The van der Waals surface area contributed by atoms with Crippen LogP contribution in [0.2, 0.25) is 0 Å². The van der Waals surface area contributed by atoms with Crippen molar-refractivity contribution in [3.8, 4) is 5.75 Å². The zero-order chi connectivity index (χ0) is 16.2. The summed E-state index contributed by atoms with van der Waals surface area (Å²) in [6.07, 6.45) is 0. The Bertz CT molecular complexity index is 558. The minimum atomic E-state index is -3.54. The molecule has 6 heteroatoms. The van der Waals surface area contributed by atoms with Gasteiger partial charge in [-0.25, -0.2) is 8.42 Å². The van der Waals surface area contributed by atoms with E-state index in [9.17, 15) is 8.42 Å². The molecule has 0 unspecified atom stereocenters. The van der Waals surface area contributed by atoms with Gasteiger partial charge in [-0.2, -0.15) is 4.31 Å². The van der Waals surface area contributed by atoms with Gasteiger partial charge in [-0.3, -0.25) is 0 Å². The van der Waals surface area contributed by atoms with Crippen LogP contribution in [0.25, 0.3) is 0 Å². The van der Waals surface area contributed by atoms with Gasteiger partial charge in [-0.15, -0.1) is 0 Å². The molecule has 1 aromatic carbocycles. The summed E-state index contributed by atoms with van der Waals surface area (Å²) in [6, 6.07) is 4.59. The number of methoxy groups -OCH3 is 1. The van der Waals surface area contributed by atoms with Gasteiger partial charge in [0.25, 0.3) is 0 Å². The molecular formula is C15H26N2O3S. The Labute approximate surface area is 128 Å². The lowest BCUT2D eigenvalue weighted by atomic mass is 10.2. The van der Waals surface area contributed by atoms with Crippen molar-refractivity contribution in [1.29, 1.82) is 0 Å². The van der Waals surface area contributed by atoms with Crippen LogP contribution in [0, 0.1) is 11.8 Å². The van der Waals surface area contributed by atoms with Crippen molar-refractivity contribution >= 4 is 15.7 Å². The SMILES string of the molecule is COc1ccc(S(=O)(=O)N(CC(C)C)CC(C)C)cc1N. The summed E-state index contributed by atoms with van der Waals surface area (Å²) in [4.78, 5) is 0.210. The predicted octanol–water partition coefficient (Wildman–Crippen LogP) is 2.58. The minimum Gasteiger partial charge on any atom is -0.495 e. The van der Waals surface area contributed by atoms with Crippen LogP contribution in [0.1, 0.15) is 27.7 Å². The molecule has 0 bridgehead atoms. The number of nitrogens with two attached hydrogens (primary N) is 1. The van der Waals surface area contributed by atoms with E-state index in [0.29, 0.717) is 24.5 Å². The summed E-state index contributed by atoms with van der Waals surface area (Å²) in [5.74, 6) is 0.997. The van der Waals surface area contributed by atoms with Gasteiger partial charge in [0.2, 0.25) is 10.0 Å². The van der Waals surface area contributed by atoms with Crippen LogP contribution in [-0.2, 0) is 10.0 Å². The maximum atomic E-state index is 12.8. The summed E-state index contributed by atoms with van der Waals surface area (Å²) in [7, 11) is -2.04. The Balaban J connectivity index is 3.18. The third-order valence-electron chi connectivity index (χ3n) is 2.98. The number of sulfonamides is 1. The molecule has 0 fully saturated rings. The van der Waals surface area contributed by atoms with Gasteiger partial charge in [-0.1, -0.05) is 27.7 Å². The molecule has 5 nitrogen and oxygen atoms in total. The van der Waals surface area contributed by atoms with Crippen molar-refractivity contribution in [1.82, 2.24) is 4.31 Å². The Morgan fingerprint density at radius 1 is 1.14 bits per heavy atom. The molecule has 0 aromatic heterocycles. The second-order valence-corrected chi connectivity index (χ2v) is 7.95. The van der Waals surface area contributed by atoms with E-state index in [-0.39, 0.29) is 16.7 Å². The van der Waals surface area contributed by atoms with Crippen LogP contribution < -0.4 is 10.5 Å². The molecule has 0 aliphatic heterocycles. The van der Waals surface area contributed by atoms with E-state index in [2.05, 4.69) is 0 Å². The zero-order valence-electron chi connectivity index (χ0n) is 13.5. The summed E-state index contributed by atoms with van der Waals surface area (Å²) >= 11 is 0. The summed E-state index contributed by atoms with van der Waals surface area (Å²) in [5, 5.41) is 0. The molecule has 0 atom stereocenters. The van der Waals surface area contributed by atoms with Crippen molar-refractivity contribution in [3.63, 3.8) is 0 Å². The molecule has 1 aromatic rings. The quantitative estimate of drug-likeness (QED) is 0.785. The van der Waals surface area contributed by atoms with Crippen LogP contribution in [0.4, 0.5) is 5.69 Å². The first kappa shape index (κ1) is 17.8. The molecule has 0 heterocycles. The first-order valence-electron chi connectivity index (χ1n) is 7.12. The highest BCUT2D eigenvalue weighted by atomic mass is 32.2. The fourth-order valence-electron chi connectivity index (χ4n) is 2.11. The lowest BCUT2D eigenvalue weighted by molar-refractivity contribution is 0.333. The highest BCUT2D eigenvalue weighted by molar-refractivity contribution is 7.89. The van der Waals surface area contributed by atoms with Crippen LogP contribution >= 0.6 is 0 Å². The first-order chi connectivity index (χ1) is 9.68. The maximum Gasteiger partial charge on any atom is 0.243 e. The average Bonchev–Trinajstić information content (AvgIpc) is 2.36. The standard InChI is InChI=1S/C15H26N2O3S/c1-11(2)9-17(10-12(3)4)21(18,19)13-6-7-15(20-5)14(16)8-13/h6-8,11-12H,9-10,16H2,1-5H3. The van der Waals surface area contributed by atoms with E-state index >= 15 is 0 Å². The Morgan fingerprint density at radius 3 is 2.05 bits per heavy atom. The highest BCUT2D eigenvalue weighted by Gasteiger charge is 2.26. The Hall–Kier alpha value is -1.27. The summed E-state index contributed by atoms with van der Waals surface area (Å²) in [6.45, 7) is 9.01. The van der Waals surface area contributed by atoms with Crippen LogP contribution in [0.5, 0.6) is 5.75 Å². The molecule has 0 amide bonds. The molecule has 1 rings (SSSR count). The van der Waals surface area contributed by atoms with Crippen LogP contribution in [-0.4, -0.2) is 32.9 Å². The highest BCUT2D eigenvalue weighted by Crippen LogP contribution is 2.27. The van der Waals surface area contributed by atoms with Gasteiger partial charge in [-0.05, 0) is 30.0 Å². The molecule has 21 heavy (non-hydrogen) atoms. The molecule has 0 saturated heterocycles. The number of hydrogen-bond donors (Lipinski definition) is 1. The Kier molecular flexibility index (Phi) is 6.04. The van der Waals surface area contributed by atoms with Crippen LogP contribution in [0.3, 0.4) is 0 Å². The fraction of sp³-hybridized carbons (Fsp3) is 0.600. The van der Waals surface area contributed by atoms with Gasteiger partial charge in [0.05, 0.1) is 17.7 Å².